The maximum Gasteiger partial charge on any atom is 0.511 e. The van der Waals surface area contributed by atoms with Gasteiger partial charge in [-0.2, -0.15) is 17.5 Å². The summed E-state index contributed by atoms with van der Waals surface area (Å²) in [5.41, 5.74) is -5.24. The van der Waals surface area contributed by atoms with Crippen molar-refractivity contribution < 1.29 is 31.1 Å². The molecule has 0 amide bonds. The molecule has 1 saturated heterocycles. The van der Waals surface area contributed by atoms with Gasteiger partial charge in [-0.05, 0) is 25.7 Å². The quantitative estimate of drug-likeness (QED) is 0.309. The number of hydrogen-bond acceptors (Lipinski definition) is 5. The molecule has 0 aromatic rings. The minimum absolute atomic E-state index is 0.0399. The summed E-state index contributed by atoms with van der Waals surface area (Å²) in [7, 11) is -3.64. The van der Waals surface area contributed by atoms with Crippen molar-refractivity contribution >= 4 is 16.0 Å². The number of nitrogens with one attached hydrogen (secondary N) is 2. The van der Waals surface area contributed by atoms with Crippen molar-refractivity contribution in [1.82, 2.24) is 14.9 Å². The lowest BCUT2D eigenvalue weighted by molar-refractivity contribution is -0.0496. The van der Waals surface area contributed by atoms with E-state index >= 15 is 0 Å². The summed E-state index contributed by atoms with van der Waals surface area (Å²) in [5, 5.41) is 6.19. The third kappa shape index (κ3) is 8.20. The molecule has 0 unspecified atom stereocenters. The van der Waals surface area contributed by atoms with Crippen LogP contribution in [0.1, 0.15) is 19.8 Å². The van der Waals surface area contributed by atoms with Crippen LogP contribution in [0.15, 0.2) is 4.99 Å². The van der Waals surface area contributed by atoms with Gasteiger partial charge in [-0.15, -0.1) is 0 Å². The topological polar surface area (TPSA) is 92.3 Å². The lowest BCUT2D eigenvalue weighted by atomic mass is 9.98. The van der Waals surface area contributed by atoms with Crippen molar-refractivity contribution in [3.05, 3.63) is 0 Å². The van der Waals surface area contributed by atoms with Gasteiger partial charge in [0.25, 0.3) is 0 Å². The Morgan fingerprint density at radius 2 is 1.85 bits per heavy atom. The number of halogens is 3. The number of nitrogens with zero attached hydrogens (tertiary/aromatic N) is 2. The Morgan fingerprint density at radius 1 is 1.19 bits per heavy atom. The lowest BCUT2D eigenvalue weighted by Gasteiger charge is -2.30. The molecule has 12 heteroatoms. The first-order chi connectivity index (χ1) is 12.7. The summed E-state index contributed by atoms with van der Waals surface area (Å²) in [6.45, 7) is 4.80. The average Bonchev–Trinajstić information content (AvgIpc) is 2.62. The molecule has 0 aliphatic carbocycles. The third-order valence-electron chi connectivity index (χ3n) is 4.03. The summed E-state index contributed by atoms with van der Waals surface area (Å²) in [6, 6.07) is 0. The van der Waals surface area contributed by atoms with Crippen LogP contribution in [-0.2, 0) is 19.5 Å². The maximum absolute atomic E-state index is 12.6. The molecule has 0 atom stereocenters. The highest BCUT2D eigenvalue weighted by Gasteiger charge is 2.50. The zero-order valence-electron chi connectivity index (χ0n) is 15.7. The van der Waals surface area contributed by atoms with Crippen LogP contribution in [-0.4, -0.2) is 83.8 Å². The van der Waals surface area contributed by atoms with Gasteiger partial charge in [-0.3, -0.25) is 4.99 Å². The van der Waals surface area contributed by atoms with E-state index in [0.717, 1.165) is 0 Å². The Hall–Kier alpha value is -1.11. The minimum atomic E-state index is -5.24. The van der Waals surface area contributed by atoms with E-state index in [4.69, 9.17) is 9.47 Å². The molecule has 0 aromatic heterocycles. The van der Waals surface area contributed by atoms with E-state index in [1.807, 2.05) is 6.92 Å². The zero-order chi connectivity index (χ0) is 20.3. The average molecular weight is 418 g/mol. The molecule has 1 fully saturated rings. The molecule has 1 heterocycles. The molecule has 1 aliphatic heterocycles. The summed E-state index contributed by atoms with van der Waals surface area (Å²) >= 11 is 0. The van der Waals surface area contributed by atoms with Crippen LogP contribution >= 0.6 is 0 Å². The van der Waals surface area contributed by atoms with Crippen LogP contribution in [0.25, 0.3) is 0 Å². The summed E-state index contributed by atoms with van der Waals surface area (Å²) in [4.78, 5) is 4.43. The summed E-state index contributed by atoms with van der Waals surface area (Å²) < 4.78 is 71.3. The summed E-state index contributed by atoms with van der Waals surface area (Å²) in [6.07, 6.45) is 0.691. The fraction of sp³-hybridized carbons (Fsp3) is 0.933. The first-order valence-electron chi connectivity index (χ1n) is 8.87. The fourth-order valence-electron chi connectivity index (χ4n) is 2.53. The zero-order valence-corrected chi connectivity index (χ0v) is 16.5. The molecule has 0 spiro atoms. The van der Waals surface area contributed by atoms with Crippen LogP contribution in [0.4, 0.5) is 13.2 Å². The van der Waals surface area contributed by atoms with Crippen LogP contribution in [0, 0.1) is 5.92 Å². The van der Waals surface area contributed by atoms with Crippen LogP contribution in [0.5, 0.6) is 0 Å². The van der Waals surface area contributed by atoms with E-state index in [1.165, 1.54) is 0 Å². The van der Waals surface area contributed by atoms with Gasteiger partial charge in [0.2, 0.25) is 0 Å². The van der Waals surface area contributed by atoms with Crippen molar-refractivity contribution in [3.8, 4) is 0 Å². The molecule has 2 N–H and O–H groups in total. The number of hydrogen-bond donors (Lipinski definition) is 2. The molecule has 0 radical (unpaired) electrons. The van der Waals surface area contributed by atoms with Crippen molar-refractivity contribution in [3.63, 3.8) is 0 Å². The van der Waals surface area contributed by atoms with Gasteiger partial charge < -0.3 is 20.1 Å². The van der Waals surface area contributed by atoms with Crippen molar-refractivity contribution in [2.24, 2.45) is 10.9 Å². The Morgan fingerprint density at radius 3 is 2.41 bits per heavy atom. The highest BCUT2D eigenvalue weighted by Crippen LogP contribution is 2.30. The molecule has 0 saturated carbocycles. The molecule has 160 valence electrons. The fourth-order valence-corrected chi connectivity index (χ4v) is 3.51. The Labute approximate surface area is 158 Å². The number of alkyl halides is 3. The van der Waals surface area contributed by atoms with Gasteiger partial charge in [0.15, 0.2) is 5.96 Å². The monoisotopic (exact) mass is 418 g/mol. The molecule has 8 nitrogen and oxygen atoms in total. The van der Waals surface area contributed by atoms with Crippen LogP contribution in [0.3, 0.4) is 0 Å². The number of piperidine rings is 1. The third-order valence-corrected chi connectivity index (χ3v) is 5.66. The van der Waals surface area contributed by atoms with E-state index < -0.39 is 15.5 Å². The van der Waals surface area contributed by atoms with Gasteiger partial charge in [-0.25, -0.2) is 8.42 Å². The number of sulfonamides is 1. The number of ether oxygens (including phenoxy) is 2. The van der Waals surface area contributed by atoms with Gasteiger partial charge in [0.1, 0.15) is 0 Å². The van der Waals surface area contributed by atoms with E-state index in [9.17, 15) is 21.6 Å². The molecule has 1 aliphatic rings. The van der Waals surface area contributed by atoms with E-state index in [0.29, 0.717) is 62.6 Å². The molecule has 27 heavy (non-hydrogen) atoms. The Balaban J connectivity index is 2.41. The number of aliphatic imine (C=N–C) groups is 1. The van der Waals surface area contributed by atoms with E-state index in [1.54, 1.807) is 7.11 Å². The van der Waals surface area contributed by atoms with Crippen molar-refractivity contribution in [2.75, 3.05) is 59.7 Å². The second-order valence-corrected chi connectivity index (χ2v) is 7.97. The number of rotatable bonds is 10. The predicted octanol–water partition coefficient (Wildman–Crippen LogP) is 0.766. The predicted molar refractivity (Wildman–Crippen MR) is 95.9 cm³/mol. The number of guanidine groups is 1. The van der Waals surface area contributed by atoms with Gasteiger partial charge in [0, 0.05) is 39.8 Å². The molecule has 1 rings (SSSR count). The number of methoxy groups -OCH3 is 1. The SMILES string of the molecule is CCNC(=NCC1CCN(S(=O)(=O)C(F)(F)F)CC1)NCCOCCOC. The van der Waals surface area contributed by atoms with Crippen molar-refractivity contribution in [2.45, 2.75) is 25.3 Å². The molecule has 0 aromatic carbocycles. The van der Waals surface area contributed by atoms with E-state index in [-0.39, 0.29) is 19.0 Å². The highest BCUT2D eigenvalue weighted by atomic mass is 32.2. The van der Waals surface area contributed by atoms with Gasteiger partial charge in [-0.1, -0.05) is 0 Å². The van der Waals surface area contributed by atoms with Gasteiger partial charge in [0.05, 0.1) is 19.8 Å². The maximum atomic E-state index is 12.6. The normalized spacial score (nSPS) is 17.9. The Bertz CT molecular complexity index is 550. The van der Waals surface area contributed by atoms with E-state index in [2.05, 4.69) is 15.6 Å². The smallest absolute Gasteiger partial charge is 0.382 e. The molecule has 0 bridgehead atoms. The molecular formula is C15H29F3N4O4S. The first kappa shape index (κ1) is 23.9. The van der Waals surface area contributed by atoms with Crippen molar-refractivity contribution in [1.29, 1.82) is 0 Å². The summed E-state index contributed by atoms with van der Waals surface area (Å²) in [5.74, 6) is 0.635. The van der Waals surface area contributed by atoms with Gasteiger partial charge >= 0.3 is 15.5 Å². The lowest BCUT2D eigenvalue weighted by Crippen LogP contribution is -2.45. The van der Waals surface area contributed by atoms with Crippen LogP contribution < -0.4 is 10.6 Å². The standard InChI is InChI=1S/C15H29F3N4O4S/c1-3-19-14(20-6-9-26-11-10-25-2)21-12-13-4-7-22(8-5-13)27(23,24)15(16,17)18/h13H,3-12H2,1-2H3,(H2,19,20,21). The highest BCUT2D eigenvalue weighted by molar-refractivity contribution is 7.90. The molecular weight excluding hydrogens is 389 g/mol. The largest absolute Gasteiger partial charge is 0.511 e. The van der Waals surface area contributed by atoms with Crippen LogP contribution in [0.2, 0.25) is 0 Å². The second kappa shape index (κ2) is 11.7. The Kier molecular flexibility index (Phi) is 10.3. The minimum Gasteiger partial charge on any atom is -0.382 e. The second-order valence-electron chi connectivity index (χ2n) is 6.04. The first-order valence-corrected chi connectivity index (χ1v) is 10.3.